The molecule has 1 aromatic carbocycles. The molecule has 0 amide bonds. The van der Waals surface area contributed by atoms with Gasteiger partial charge < -0.3 is 14.8 Å². The van der Waals surface area contributed by atoms with Gasteiger partial charge in [-0.3, -0.25) is 4.57 Å². The van der Waals surface area contributed by atoms with Gasteiger partial charge in [-0.2, -0.15) is 0 Å². The molecule has 0 atom stereocenters. The smallest absolute Gasteiger partial charge is 0.326 e. The number of benzene rings is 1. The number of nitrogens with two attached hydrogens (primary N) is 1. The van der Waals surface area contributed by atoms with Crippen LogP contribution in [-0.4, -0.2) is 14.2 Å². The maximum absolute atomic E-state index is 11.9. The van der Waals surface area contributed by atoms with Gasteiger partial charge in [-0.1, -0.05) is 24.3 Å². The largest absolute Gasteiger partial charge is 0.334 e. The highest BCUT2D eigenvalue weighted by Crippen LogP contribution is 2.50. The van der Waals surface area contributed by atoms with Crippen LogP contribution in [0.2, 0.25) is 0 Å². The van der Waals surface area contributed by atoms with Crippen LogP contribution in [0.4, 0.5) is 0 Å². The van der Waals surface area contributed by atoms with E-state index in [1.807, 2.05) is 24.3 Å². The van der Waals surface area contributed by atoms with Crippen molar-refractivity contribution in [2.75, 3.05) is 14.2 Å². The summed E-state index contributed by atoms with van der Waals surface area (Å²) < 4.78 is 21.7. The topological polar surface area (TPSA) is 61.5 Å². The van der Waals surface area contributed by atoms with E-state index in [-0.39, 0.29) is 6.16 Å². The fourth-order valence-electron chi connectivity index (χ4n) is 1.32. The fourth-order valence-corrected chi connectivity index (χ4v) is 2.46. The Bertz CT molecular complexity index is 359. The van der Waals surface area contributed by atoms with E-state index in [2.05, 4.69) is 0 Å². The average Bonchev–Trinajstić information content (AvgIpc) is 2.29. The van der Waals surface area contributed by atoms with E-state index in [1.165, 1.54) is 14.2 Å². The molecular weight excluding hydrogens is 213 g/mol. The van der Waals surface area contributed by atoms with Crippen LogP contribution in [0.1, 0.15) is 11.1 Å². The monoisotopic (exact) mass is 229 g/mol. The molecule has 0 aliphatic heterocycles. The first-order chi connectivity index (χ1) is 7.15. The SMILES string of the molecule is COP(=O)(Cc1ccccc1CN)OC. The van der Waals surface area contributed by atoms with Gasteiger partial charge in [0.2, 0.25) is 0 Å². The van der Waals surface area contributed by atoms with Crippen molar-refractivity contribution in [3.63, 3.8) is 0 Å². The molecule has 1 aromatic rings. The lowest BCUT2D eigenvalue weighted by molar-refractivity contribution is 0.274. The summed E-state index contributed by atoms with van der Waals surface area (Å²) in [5, 5.41) is 0. The molecule has 0 bridgehead atoms. The number of rotatable bonds is 5. The summed E-state index contributed by atoms with van der Waals surface area (Å²) in [5.41, 5.74) is 7.46. The molecule has 0 saturated carbocycles. The Hall–Kier alpha value is -0.670. The molecule has 5 heteroatoms. The molecule has 0 heterocycles. The third-order valence-corrected chi connectivity index (χ3v) is 4.10. The summed E-state index contributed by atoms with van der Waals surface area (Å²) in [6.07, 6.45) is 0.257. The molecule has 0 aliphatic rings. The van der Waals surface area contributed by atoms with Crippen LogP contribution < -0.4 is 5.73 Å². The van der Waals surface area contributed by atoms with Gasteiger partial charge in [0.25, 0.3) is 0 Å². The van der Waals surface area contributed by atoms with Gasteiger partial charge in [0.1, 0.15) is 0 Å². The lowest BCUT2D eigenvalue weighted by Crippen LogP contribution is -2.02. The zero-order valence-electron chi connectivity index (χ0n) is 8.97. The van der Waals surface area contributed by atoms with E-state index >= 15 is 0 Å². The molecule has 2 N–H and O–H groups in total. The second kappa shape index (κ2) is 5.42. The number of hydrogen-bond donors (Lipinski definition) is 1. The Morgan fingerprint density at radius 1 is 1.20 bits per heavy atom. The van der Waals surface area contributed by atoms with E-state index < -0.39 is 7.60 Å². The van der Waals surface area contributed by atoms with Crippen LogP contribution in [0.5, 0.6) is 0 Å². The maximum atomic E-state index is 11.9. The minimum atomic E-state index is -3.00. The highest BCUT2D eigenvalue weighted by atomic mass is 31.2. The molecule has 0 unspecified atom stereocenters. The lowest BCUT2D eigenvalue weighted by Gasteiger charge is -2.15. The zero-order chi connectivity index (χ0) is 11.3. The second-order valence-corrected chi connectivity index (χ2v) is 5.38. The van der Waals surface area contributed by atoms with Gasteiger partial charge in [-0.05, 0) is 11.1 Å². The van der Waals surface area contributed by atoms with Crippen LogP contribution in [0.25, 0.3) is 0 Å². The van der Waals surface area contributed by atoms with E-state index in [4.69, 9.17) is 14.8 Å². The minimum Gasteiger partial charge on any atom is -0.326 e. The summed E-state index contributed by atoms with van der Waals surface area (Å²) in [5.74, 6) is 0. The van der Waals surface area contributed by atoms with Crippen molar-refractivity contribution in [2.45, 2.75) is 12.7 Å². The van der Waals surface area contributed by atoms with Crippen molar-refractivity contribution in [1.29, 1.82) is 0 Å². The molecule has 84 valence electrons. The van der Waals surface area contributed by atoms with Crippen LogP contribution in [0.15, 0.2) is 24.3 Å². The summed E-state index contributed by atoms with van der Waals surface area (Å²) >= 11 is 0. The van der Waals surface area contributed by atoms with E-state index in [0.29, 0.717) is 6.54 Å². The Morgan fingerprint density at radius 3 is 2.20 bits per heavy atom. The first-order valence-electron chi connectivity index (χ1n) is 4.62. The van der Waals surface area contributed by atoms with Gasteiger partial charge in [0, 0.05) is 20.8 Å². The average molecular weight is 229 g/mol. The molecule has 1 rings (SSSR count). The second-order valence-electron chi connectivity index (χ2n) is 3.11. The highest BCUT2D eigenvalue weighted by Gasteiger charge is 2.22. The fraction of sp³-hybridized carbons (Fsp3) is 0.400. The van der Waals surface area contributed by atoms with Crippen molar-refractivity contribution in [3.8, 4) is 0 Å². The quantitative estimate of drug-likeness (QED) is 0.785. The van der Waals surface area contributed by atoms with Gasteiger partial charge in [0.15, 0.2) is 0 Å². The molecular formula is C10H16NO3P. The minimum absolute atomic E-state index is 0.257. The van der Waals surface area contributed by atoms with Crippen LogP contribution in [-0.2, 0) is 26.3 Å². The summed E-state index contributed by atoms with van der Waals surface area (Å²) in [6.45, 7) is 0.420. The first-order valence-corrected chi connectivity index (χ1v) is 6.35. The van der Waals surface area contributed by atoms with E-state index in [0.717, 1.165) is 11.1 Å². The lowest BCUT2D eigenvalue weighted by atomic mass is 10.1. The van der Waals surface area contributed by atoms with Crippen LogP contribution in [0.3, 0.4) is 0 Å². The third-order valence-electron chi connectivity index (χ3n) is 2.26. The molecule has 0 radical (unpaired) electrons. The van der Waals surface area contributed by atoms with Crippen molar-refractivity contribution in [2.24, 2.45) is 5.73 Å². The first kappa shape index (κ1) is 12.4. The third kappa shape index (κ3) is 3.14. The molecule has 0 fully saturated rings. The van der Waals surface area contributed by atoms with Crippen LogP contribution in [0, 0.1) is 0 Å². The molecule has 0 aliphatic carbocycles. The summed E-state index contributed by atoms with van der Waals surface area (Å²) in [4.78, 5) is 0. The Morgan fingerprint density at radius 2 is 1.73 bits per heavy atom. The van der Waals surface area contributed by atoms with E-state index in [1.54, 1.807) is 0 Å². The van der Waals surface area contributed by atoms with Gasteiger partial charge in [0.05, 0.1) is 6.16 Å². The predicted octanol–water partition coefficient (Wildman–Crippen LogP) is 2.13. The maximum Gasteiger partial charge on any atom is 0.334 e. The standard InChI is InChI=1S/C10H16NO3P/c1-13-15(12,14-2)8-10-6-4-3-5-9(10)7-11/h3-6H,7-8,11H2,1-2H3. The van der Waals surface area contributed by atoms with E-state index in [9.17, 15) is 4.57 Å². The highest BCUT2D eigenvalue weighted by molar-refractivity contribution is 7.52. The number of hydrogen-bond acceptors (Lipinski definition) is 4. The Balaban J connectivity index is 2.93. The van der Waals surface area contributed by atoms with Crippen molar-refractivity contribution in [1.82, 2.24) is 0 Å². The normalized spacial score (nSPS) is 11.7. The molecule has 4 nitrogen and oxygen atoms in total. The van der Waals surface area contributed by atoms with Gasteiger partial charge in [-0.15, -0.1) is 0 Å². The zero-order valence-corrected chi connectivity index (χ0v) is 9.87. The molecule has 0 saturated heterocycles. The molecule has 15 heavy (non-hydrogen) atoms. The van der Waals surface area contributed by atoms with Gasteiger partial charge >= 0.3 is 7.60 Å². The molecule has 0 aromatic heterocycles. The molecule has 0 spiro atoms. The summed E-state index contributed by atoms with van der Waals surface area (Å²) in [6, 6.07) is 7.57. The van der Waals surface area contributed by atoms with Gasteiger partial charge in [-0.25, -0.2) is 0 Å². The summed E-state index contributed by atoms with van der Waals surface area (Å²) in [7, 11) is -0.230. The van der Waals surface area contributed by atoms with Crippen molar-refractivity contribution >= 4 is 7.60 Å². The van der Waals surface area contributed by atoms with Crippen LogP contribution >= 0.6 is 7.60 Å². The predicted molar refractivity (Wildman–Crippen MR) is 59.7 cm³/mol. The van der Waals surface area contributed by atoms with Crippen molar-refractivity contribution < 1.29 is 13.6 Å². The Kier molecular flexibility index (Phi) is 4.48. The van der Waals surface area contributed by atoms with Crippen molar-refractivity contribution in [3.05, 3.63) is 35.4 Å². The Labute approximate surface area is 89.9 Å².